The van der Waals surface area contributed by atoms with Crippen LogP contribution in [0.4, 0.5) is 5.69 Å². The van der Waals surface area contributed by atoms with Gasteiger partial charge in [0.25, 0.3) is 0 Å². The maximum atomic E-state index is 12.2. The summed E-state index contributed by atoms with van der Waals surface area (Å²) >= 11 is 0. The van der Waals surface area contributed by atoms with Crippen LogP contribution in [0.2, 0.25) is 0 Å². The Bertz CT molecular complexity index is 1350. The third-order valence-electron chi connectivity index (χ3n) is 7.67. The van der Waals surface area contributed by atoms with Crippen molar-refractivity contribution in [2.45, 2.75) is 152 Å². The van der Waals surface area contributed by atoms with Crippen molar-refractivity contribution in [1.82, 2.24) is 10.6 Å². The summed E-state index contributed by atoms with van der Waals surface area (Å²) in [7, 11) is 0. The molecule has 5 N–H and O–H groups in total. The maximum absolute atomic E-state index is 12.2. The molecule has 1 heterocycles. The molecule has 306 valence electrons. The molecule has 54 heavy (non-hydrogen) atoms. The van der Waals surface area contributed by atoms with Crippen molar-refractivity contribution in [3.8, 4) is 5.75 Å². The minimum atomic E-state index is -1.18. The van der Waals surface area contributed by atoms with E-state index in [0.29, 0.717) is 23.4 Å². The monoisotopic (exact) mass is 760 g/mol. The van der Waals surface area contributed by atoms with E-state index in [4.69, 9.17) is 19.3 Å². The largest absolute Gasteiger partial charge is 0.480 e. The smallest absolute Gasteiger partial charge is 0.322 e. The Kier molecular flexibility index (Phi) is 27.0. The number of aliphatic hydroxyl groups is 1. The number of benzene rings is 2. The van der Waals surface area contributed by atoms with E-state index in [-0.39, 0.29) is 43.3 Å². The number of esters is 1. The highest BCUT2D eigenvalue weighted by Gasteiger charge is 2.34. The molecule has 0 aromatic heterocycles. The van der Waals surface area contributed by atoms with Gasteiger partial charge >= 0.3 is 11.9 Å². The minimum Gasteiger partial charge on any atom is -0.480 e. The Morgan fingerprint density at radius 1 is 0.889 bits per heavy atom. The molecule has 3 unspecified atom stereocenters. The number of rotatable bonds is 18. The van der Waals surface area contributed by atoms with Crippen LogP contribution in [-0.2, 0) is 41.7 Å². The van der Waals surface area contributed by atoms with E-state index in [1.807, 2.05) is 47.6 Å². The molecule has 1 saturated heterocycles. The number of unbranched alkanes of at least 4 members (excludes halogenated alkanes) is 2. The van der Waals surface area contributed by atoms with Gasteiger partial charge < -0.3 is 40.4 Å². The second-order valence-corrected chi connectivity index (χ2v) is 13.2. The fourth-order valence-corrected chi connectivity index (χ4v) is 4.89. The molecule has 2 aromatic carbocycles. The molecule has 3 atom stereocenters. The number of carboxylic acid groups (broad SMARTS) is 1. The van der Waals surface area contributed by atoms with Gasteiger partial charge in [-0.15, -0.1) is 0 Å². The molecule has 0 saturated carbocycles. The van der Waals surface area contributed by atoms with Crippen LogP contribution in [0.1, 0.15) is 124 Å². The third-order valence-corrected chi connectivity index (χ3v) is 7.67. The Labute approximate surface area is 324 Å². The molecule has 0 radical (unpaired) electrons. The summed E-state index contributed by atoms with van der Waals surface area (Å²) < 4.78 is 16.9. The van der Waals surface area contributed by atoms with E-state index >= 15 is 0 Å². The van der Waals surface area contributed by atoms with Crippen LogP contribution in [0.25, 0.3) is 0 Å². The van der Waals surface area contributed by atoms with Crippen LogP contribution in [0.3, 0.4) is 0 Å². The second-order valence-electron chi connectivity index (χ2n) is 13.2. The molecule has 1 fully saturated rings. The standard InChI is InChI=1S/C22H32N2O8.C16H25NO.2C2H6/c1-12(2)22(29)30-11-14-5-6-16(24-13(3)4)17(7-14)31-20-9-15(25)8-18(32-20)21(28)23-10-19(26)27;1-3-4-13-17-16(18)8-6-5-7-15-11-9-14(2)10-12-15;2*1-2/h5-7,12-13,15,18,20,24-25H,8-11H2,1-4H3,(H,23,28)(H,26,27);9-12H,3-8,13H2,1-2H3,(H,17,18);2*1-2H3. The molecule has 12 heteroatoms. The van der Waals surface area contributed by atoms with Crippen molar-refractivity contribution in [3.05, 3.63) is 59.2 Å². The molecule has 2 amide bonds. The molecule has 1 aliphatic heterocycles. The van der Waals surface area contributed by atoms with E-state index in [1.54, 1.807) is 26.0 Å². The Hall–Kier alpha value is -4.16. The SMILES string of the molecule is CC.CC.CC(C)Nc1ccc(COC(=O)C(C)C)cc1OC1CC(O)CC(C(=O)NCC(=O)O)O1.CCCCNC(=O)CCCCc1ccc(C)cc1. The first-order chi connectivity index (χ1) is 25.8. The van der Waals surface area contributed by atoms with Crippen molar-refractivity contribution in [2.75, 3.05) is 18.4 Å². The number of nitrogens with one attached hydrogen (secondary N) is 3. The zero-order chi connectivity index (χ0) is 41.1. The van der Waals surface area contributed by atoms with Gasteiger partial charge in [0.2, 0.25) is 18.1 Å². The number of amides is 2. The first-order valence-electron chi connectivity index (χ1n) is 19.6. The van der Waals surface area contributed by atoms with Crippen LogP contribution >= 0.6 is 0 Å². The Morgan fingerprint density at radius 3 is 2.13 bits per heavy atom. The normalized spacial score (nSPS) is 15.9. The zero-order valence-electron chi connectivity index (χ0n) is 34.5. The van der Waals surface area contributed by atoms with Crippen LogP contribution < -0.4 is 20.7 Å². The van der Waals surface area contributed by atoms with Gasteiger partial charge in [-0.25, -0.2) is 0 Å². The summed E-state index contributed by atoms with van der Waals surface area (Å²) in [5.74, 6) is -1.75. The summed E-state index contributed by atoms with van der Waals surface area (Å²) in [5.41, 5.74) is 4.05. The maximum Gasteiger partial charge on any atom is 0.322 e. The van der Waals surface area contributed by atoms with E-state index in [2.05, 4.69) is 54.1 Å². The van der Waals surface area contributed by atoms with E-state index in [9.17, 15) is 24.3 Å². The second kappa shape index (κ2) is 29.2. The van der Waals surface area contributed by atoms with Gasteiger partial charge in [-0.2, -0.15) is 0 Å². The predicted molar refractivity (Wildman–Crippen MR) is 214 cm³/mol. The first kappa shape index (κ1) is 49.8. The average Bonchev–Trinajstić information content (AvgIpc) is 3.14. The molecular formula is C42H69N3O9. The van der Waals surface area contributed by atoms with Gasteiger partial charge in [0, 0.05) is 31.8 Å². The molecule has 12 nitrogen and oxygen atoms in total. The summed E-state index contributed by atoms with van der Waals surface area (Å²) in [6.07, 6.45) is 3.35. The number of carbonyl (C=O) groups excluding carboxylic acids is 3. The number of anilines is 1. The number of carbonyl (C=O) groups is 4. The lowest BCUT2D eigenvalue weighted by molar-refractivity contribution is -0.184. The van der Waals surface area contributed by atoms with E-state index in [0.717, 1.165) is 38.6 Å². The lowest BCUT2D eigenvalue weighted by Gasteiger charge is -2.33. The summed E-state index contributed by atoms with van der Waals surface area (Å²) in [4.78, 5) is 46.1. The van der Waals surface area contributed by atoms with Crippen molar-refractivity contribution in [3.63, 3.8) is 0 Å². The lowest BCUT2D eigenvalue weighted by Crippen LogP contribution is -2.47. The van der Waals surface area contributed by atoms with Crippen molar-refractivity contribution in [2.24, 2.45) is 5.92 Å². The van der Waals surface area contributed by atoms with Gasteiger partial charge in [0.05, 0.1) is 17.7 Å². The van der Waals surface area contributed by atoms with Crippen molar-refractivity contribution >= 4 is 29.4 Å². The number of hydrogen-bond donors (Lipinski definition) is 5. The molecule has 0 spiro atoms. The third kappa shape index (κ3) is 22.1. The van der Waals surface area contributed by atoms with Gasteiger partial charge in [-0.1, -0.05) is 90.8 Å². The quantitative estimate of drug-likeness (QED) is 0.0766. The number of aliphatic carboxylic acids is 1. The van der Waals surface area contributed by atoms with Crippen molar-refractivity contribution in [1.29, 1.82) is 0 Å². The highest BCUT2D eigenvalue weighted by molar-refractivity contribution is 5.84. The van der Waals surface area contributed by atoms with Gasteiger partial charge in [-0.3, -0.25) is 19.2 Å². The minimum absolute atomic E-state index is 0.0353. The number of aliphatic hydroxyl groups excluding tert-OH is 1. The summed E-state index contributed by atoms with van der Waals surface area (Å²) in [5, 5.41) is 27.4. The van der Waals surface area contributed by atoms with Crippen LogP contribution in [0.15, 0.2) is 42.5 Å². The fraction of sp³-hybridized carbons (Fsp3) is 0.619. The Morgan fingerprint density at radius 2 is 1.54 bits per heavy atom. The Balaban J connectivity index is 0.00000108. The zero-order valence-corrected chi connectivity index (χ0v) is 34.5. The number of ether oxygens (including phenoxy) is 3. The fourth-order valence-electron chi connectivity index (χ4n) is 4.89. The molecule has 0 bridgehead atoms. The molecule has 1 aliphatic rings. The molecular weight excluding hydrogens is 690 g/mol. The van der Waals surface area contributed by atoms with Gasteiger partial charge in [-0.05, 0) is 69.7 Å². The molecule has 3 rings (SSSR count). The summed E-state index contributed by atoms with van der Waals surface area (Å²) in [6, 6.07) is 14.1. The number of aryl methyl sites for hydroxylation is 2. The average molecular weight is 760 g/mol. The van der Waals surface area contributed by atoms with E-state index in [1.165, 1.54) is 11.1 Å². The van der Waals surface area contributed by atoms with Crippen molar-refractivity contribution < 1.29 is 43.6 Å². The highest BCUT2D eigenvalue weighted by Crippen LogP contribution is 2.31. The summed E-state index contributed by atoms with van der Waals surface area (Å²) in [6.45, 7) is 20.0. The van der Waals surface area contributed by atoms with Gasteiger partial charge in [0.1, 0.15) is 25.0 Å². The number of carboxylic acids is 1. The molecule has 0 aliphatic carbocycles. The van der Waals surface area contributed by atoms with Crippen LogP contribution in [-0.4, -0.2) is 71.6 Å². The topological polar surface area (TPSA) is 173 Å². The van der Waals surface area contributed by atoms with Gasteiger partial charge in [0.15, 0.2) is 0 Å². The first-order valence-corrected chi connectivity index (χ1v) is 19.6. The lowest BCUT2D eigenvalue weighted by atomic mass is 10.0. The molecule has 2 aromatic rings. The van der Waals surface area contributed by atoms with Crippen LogP contribution in [0, 0.1) is 12.8 Å². The number of hydrogen-bond acceptors (Lipinski definition) is 9. The predicted octanol–water partition coefficient (Wildman–Crippen LogP) is 7.33. The highest BCUT2D eigenvalue weighted by atomic mass is 16.7. The van der Waals surface area contributed by atoms with E-state index < -0.39 is 36.9 Å². The van der Waals surface area contributed by atoms with Crippen LogP contribution in [0.5, 0.6) is 5.75 Å².